The summed E-state index contributed by atoms with van der Waals surface area (Å²) in [4.78, 5) is 22.5. The lowest BCUT2D eigenvalue weighted by Gasteiger charge is -2.29. The lowest BCUT2D eigenvalue weighted by atomic mass is 10.2. The molecule has 0 saturated carbocycles. The molecule has 2 aromatic carbocycles. The van der Waals surface area contributed by atoms with Crippen LogP contribution >= 0.6 is 11.3 Å². The third-order valence-electron chi connectivity index (χ3n) is 7.04. The second-order valence-electron chi connectivity index (χ2n) is 9.77. The summed E-state index contributed by atoms with van der Waals surface area (Å²) in [6.45, 7) is 4.69. The van der Waals surface area contributed by atoms with Crippen molar-refractivity contribution in [3.63, 3.8) is 0 Å². The highest BCUT2D eigenvalue weighted by Crippen LogP contribution is 2.33. The molecule has 0 N–H and O–H groups in total. The van der Waals surface area contributed by atoms with Crippen molar-refractivity contribution < 1.29 is 26.4 Å². The van der Waals surface area contributed by atoms with Crippen LogP contribution in [0, 0.1) is 0 Å². The van der Waals surface area contributed by atoms with Crippen molar-refractivity contribution in [3.8, 4) is 0 Å². The molecule has 0 bridgehead atoms. The molecule has 2 aliphatic rings. The van der Waals surface area contributed by atoms with Gasteiger partial charge in [-0.3, -0.25) is 14.6 Å². The molecule has 2 fully saturated rings. The van der Waals surface area contributed by atoms with Gasteiger partial charge < -0.3 is 4.74 Å². The summed E-state index contributed by atoms with van der Waals surface area (Å²) in [5.74, 6) is -0.329. The van der Waals surface area contributed by atoms with Crippen LogP contribution in [0.2, 0.25) is 0 Å². The Morgan fingerprint density at radius 2 is 1.67 bits per heavy atom. The fraction of sp³-hybridized carbons (Fsp3) is 0.462. The molecule has 1 aromatic heterocycles. The number of anilines is 1. The zero-order chi connectivity index (χ0) is 27.6. The van der Waals surface area contributed by atoms with Gasteiger partial charge in [0.1, 0.15) is 5.52 Å². The van der Waals surface area contributed by atoms with E-state index in [9.17, 15) is 21.6 Å². The molecule has 10 nitrogen and oxygen atoms in total. The molecule has 13 heteroatoms. The van der Waals surface area contributed by atoms with E-state index in [1.54, 1.807) is 17.0 Å². The third kappa shape index (κ3) is 6.18. The summed E-state index contributed by atoms with van der Waals surface area (Å²) < 4.78 is 58.5. The van der Waals surface area contributed by atoms with Crippen molar-refractivity contribution in [2.75, 3.05) is 63.6 Å². The molecule has 0 aliphatic carbocycles. The number of morpholine rings is 1. The van der Waals surface area contributed by atoms with Crippen LogP contribution in [-0.4, -0.2) is 95.7 Å². The molecule has 2 aliphatic heterocycles. The molecular weight excluding hydrogens is 561 g/mol. The number of ether oxygens (including phenoxy) is 1. The summed E-state index contributed by atoms with van der Waals surface area (Å²) in [6, 6.07) is 11.0. The van der Waals surface area contributed by atoms with E-state index >= 15 is 0 Å². The number of carbonyl (C=O) groups is 1. The van der Waals surface area contributed by atoms with Gasteiger partial charge in [-0.25, -0.2) is 21.8 Å². The van der Waals surface area contributed by atoms with Gasteiger partial charge >= 0.3 is 0 Å². The van der Waals surface area contributed by atoms with Crippen LogP contribution in [0.25, 0.3) is 10.2 Å². The highest BCUT2D eigenvalue weighted by atomic mass is 32.2. The van der Waals surface area contributed by atoms with E-state index in [4.69, 9.17) is 4.74 Å². The predicted molar refractivity (Wildman–Crippen MR) is 151 cm³/mol. The number of hydrogen-bond donors (Lipinski definition) is 0. The number of sulfonamides is 1. The molecule has 1 amide bonds. The number of aromatic nitrogens is 1. The quantitative estimate of drug-likeness (QED) is 0.392. The number of fused-ring (bicyclic) bond motifs is 1. The SMILES string of the molecule is CS(=O)(=O)c1cccc2sc(N(CCN3CCOCC3)C(=O)c3ccc(S(=O)(=O)N4CCCCC4)cc3)nc12. The van der Waals surface area contributed by atoms with E-state index in [0.717, 1.165) is 38.6 Å². The average Bonchev–Trinajstić information content (AvgIpc) is 3.37. The van der Waals surface area contributed by atoms with Gasteiger partial charge in [0.05, 0.1) is 27.7 Å². The molecule has 39 heavy (non-hydrogen) atoms. The number of hydrogen-bond acceptors (Lipinski definition) is 9. The number of sulfone groups is 1. The van der Waals surface area contributed by atoms with Gasteiger partial charge in [-0.2, -0.15) is 4.31 Å². The average molecular weight is 593 g/mol. The number of amides is 1. The molecule has 210 valence electrons. The Morgan fingerprint density at radius 1 is 0.974 bits per heavy atom. The first-order valence-corrected chi connectivity index (χ1v) is 17.1. The zero-order valence-electron chi connectivity index (χ0n) is 21.8. The molecule has 0 atom stereocenters. The number of carbonyl (C=O) groups excluding carboxylic acids is 1. The van der Waals surface area contributed by atoms with Crippen molar-refractivity contribution in [2.45, 2.75) is 29.1 Å². The Hall–Kier alpha value is -2.42. The molecule has 0 unspecified atom stereocenters. The molecule has 0 spiro atoms. The second kappa shape index (κ2) is 11.6. The van der Waals surface area contributed by atoms with Gasteiger partial charge in [-0.1, -0.05) is 23.8 Å². The minimum absolute atomic E-state index is 0.121. The van der Waals surface area contributed by atoms with E-state index in [2.05, 4.69) is 9.88 Å². The first kappa shape index (κ1) is 28.1. The van der Waals surface area contributed by atoms with Crippen LogP contribution in [0.1, 0.15) is 29.6 Å². The maximum absolute atomic E-state index is 13.8. The van der Waals surface area contributed by atoms with Crippen LogP contribution in [0.5, 0.6) is 0 Å². The van der Waals surface area contributed by atoms with Crippen molar-refractivity contribution in [1.82, 2.24) is 14.2 Å². The maximum atomic E-state index is 13.8. The van der Waals surface area contributed by atoms with Gasteiger partial charge in [-0.05, 0) is 49.2 Å². The zero-order valence-corrected chi connectivity index (χ0v) is 24.2. The monoisotopic (exact) mass is 592 g/mol. The third-order valence-corrected chi connectivity index (χ3v) is 11.1. The van der Waals surface area contributed by atoms with Gasteiger partial charge in [0.25, 0.3) is 5.91 Å². The maximum Gasteiger partial charge on any atom is 0.260 e. The Kier molecular flexibility index (Phi) is 8.36. The lowest BCUT2D eigenvalue weighted by Crippen LogP contribution is -2.43. The van der Waals surface area contributed by atoms with E-state index in [0.29, 0.717) is 60.3 Å². The van der Waals surface area contributed by atoms with E-state index in [1.165, 1.54) is 46.0 Å². The Labute approximate surface area is 233 Å². The summed E-state index contributed by atoms with van der Waals surface area (Å²) in [6.07, 6.45) is 3.85. The number of para-hydroxylation sites is 1. The molecule has 3 heterocycles. The highest BCUT2D eigenvalue weighted by Gasteiger charge is 2.28. The standard InChI is InChI=1S/C26H32N4O6S3/c1-38(32,33)23-7-5-6-22-24(23)27-26(37-22)30(15-14-28-16-18-36-19-17-28)25(31)20-8-10-21(11-9-20)39(34,35)29-12-3-2-4-13-29/h5-11H,2-4,12-19H2,1H3. The Morgan fingerprint density at radius 3 is 2.33 bits per heavy atom. The predicted octanol–water partition coefficient (Wildman–Crippen LogP) is 2.85. The largest absolute Gasteiger partial charge is 0.379 e. The molecule has 2 saturated heterocycles. The number of benzene rings is 2. The fourth-order valence-electron chi connectivity index (χ4n) is 4.86. The topological polar surface area (TPSA) is 117 Å². The first-order chi connectivity index (χ1) is 18.6. The van der Waals surface area contributed by atoms with Gasteiger partial charge in [-0.15, -0.1) is 0 Å². The van der Waals surface area contributed by atoms with Crippen LogP contribution in [-0.2, 0) is 24.6 Å². The van der Waals surface area contributed by atoms with Crippen LogP contribution < -0.4 is 4.90 Å². The Balaban J connectivity index is 1.45. The van der Waals surface area contributed by atoms with E-state index in [-0.39, 0.29) is 15.7 Å². The normalized spacial score (nSPS) is 17.9. The summed E-state index contributed by atoms with van der Waals surface area (Å²) in [5.41, 5.74) is 0.671. The van der Waals surface area contributed by atoms with Gasteiger partial charge in [0, 0.05) is 51.1 Å². The molecular formula is C26H32N4O6S3. The molecule has 3 aromatic rings. The van der Waals surface area contributed by atoms with Gasteiger partial charge in [0.15, 0.2) is 15.0 Å². The fourth-order valence-corrected chi connectivity index (χ4v) is 8.29. The number of nitrogens with zero attached hydrogens (tertiary/aromatic N) is 4. The van der Waals surface area contributed by atoms with Crippen LogP contribution in [0.15, 0.2) is 52.3 Å². The van der Waals surface area contributed by atoms with Crippen molar-refractivity contribution in [3.05, 3.63) is 48.0 Å². The van der Waals surface area contributed by atoms with Crippen molar-refractivity contribution >= 4 is 52.5 Å². The summed E-state index contributed by atoms with van der Waals surface area (Å²) in [5, 5.41) is 0.393. The van der Waals surface area contributed by atoms with Crippen molar-refractivity contribution in [1.29, 1.82) is 0 Å². The van der Waals surface area contributed by atoms with Crippen LogP contribution in [0.4, 0.5) is 5.13 Å². The number of rotatable bonds is 8. The minimum Gasteiger partial charge on any atom is -0.379 e. The smallest absolute Gasteiger partial charge is 0.260 e. The minimum atomic E-state index is -3.61. The van der Waals surface area contributed by atoms with Crippen LogP contribution in [0.3, 0.4) is 0 Å². The molecule has 5 rings (SSSR count). The van der Waals surface area contributed by atoms with Gasteiger partial charge in [0.2, 0.25) is 10.0 Å². The van der Waals surface area contributed by atoms with E-state index < -0.39 is 19.9 Å². The number of piperidine rings is 1. The lowest BCUT2D eigenvalue weighted by molar-refractivity contribution is 0.0391. The first-order valence-electron chi connectivity index (χ1n) is 13.0. The Bertz CT molecular complexity index is 1540. The van der Waals surface area contributed by atoms with E-state index in [1.807, 2.05) is 0 Å². The second-order valence-corrected chi connectivity index (χ2v) is 14.7. The highest BCUT2D eigenvalue weighted by molar-refractivity contribution is 7.91. The molecule has 0 radical (unpaired) electrons. The number of thiazole rings is 1. The summed E-state index contributed by atoms with van der Waals surface area (Å²) in [7, 11) is -7.13. The van der Waals surface area contributed by atoms with Crippen molar-refractivity contribution in [2.24, 2.45) is 0 Å². The summed E-state index contributed by atoms with van der Waals surface area (Å²) >= 11 is 1.26.